The van der Waals surface area contributed by atoms with Crippen LogP contribution in [0.3, 0.4) is 0 Å². The standard InChI is InChI=1S/C16H21ClN2O3S/c17-14-8-4-5-9-15(14)23(21,22)19-12-16(20)18-11-10-13-6-2-1-3-7-13/h4-6,8-9,19H,1-3,7,10-12H2,(H,18,20). The topological polar surface area (TPSA) is 75.3 Å². The van der Waals surface area contributed by atoms with Crippen molar-refractivity contribution in [3.63, 3.8) is 0 Å². The highest BCUT2D eigenvalue weighted by Gasteiger charge is 2.18. The van der Waals surface area contributed by atoms with Gasteiger partial charge in [-0.2, -0.15) is 0 Å². The van der Waals surface area contributed by atoms with Crippen LogP contribution in [0.15, 0.2) is 40.8 Å². The van der Waals surface area contributed by atoms with E-state index in [1.54, 1.807) is 12.1 Å². The minimum atomic E-state index is -3.79. The Morgan fingerprint density at radius 2 is 2.00 bits per heavy atom. The molecule has 0 unspecified atom stereocenters. The average Bonchev–Trinajstić information content (AvgIpc) is 2.54. The van der Waals surface area contributed by atoms with Crippen LogP contribution in [0.25, 0.3) is 0 Å². The van der Waals surface area contributed by atoms with Crippen molar-refractivity contribution in [2.45, 2.75) is 37.0 Å². The van der Waals surface area contributed by atoms with Crippen LogP contribution >= 0.6 is 11.6 Å². The van der Waals surface area contributed by atoms with Crippen LogP contribution < -0.4 is 10.0 Å². The van der Waals surface area contributed by atoms with Gasteiger partial charge in [-0.1, -0.05) is 35.4 Å². The highest BCUT2D eigenvalue weighted by molar-refractivity contribution is 7.89. The molecule has 0 heterocycles. The largest absolute Gasteiger partial charge is 0.355 e. The zero-order chi connectivity index (χ0) is 16.7. The quantitative estimate of drug-likeness (QED) is 0.737. The Kier molecular flexibility index (Phi) is 6.62. The Labute approximate surface area is 142 Å². The SMILES string of the molecule is O=C(CNS(=O)(=O)c1ccccc1Cl)NCCC1=CCCCC1. The lowest BCUT2D eigenvalue weighted by Gasteiger charge is -2.13. The fourth-order valence-corrected chi connectivity index (χ4v) is 3.96. The number of hydrogen-bond acceptors (Lipinski definition) is 3. The van der Waals surface area contributed by atoms with E-state index in [1.807, 2.05) is 0 Å². The third kappa shape index (κ3) is 5.64. The van der Waals surface area contributed by atoms with E-state index in [9.17, 15) is 13.2 Å². The first-order chi connectivity index (χ1) is 11.0. The molecule has 2 rings (SSSR count). The molecule has 5 nitrogen and oxygen atoms in total. The number of carbonyl (C=O) groups is 1. The summed E-state index contributed by atoms with van der Waals surface area (Å²) in [5.74, 6) is -0.350. The second-order valence-electron chi connectivity index (χ2n) is 5.46. The average molecular weight is 357 g/mol. The monoisotopic (exact) mass is 356 g/mol. The maximum Gasteiger partial charge on any atom is 0.242 e. The fraction of sp³-hybridized carbons (Fsp3) is 0.438. The molecule has 0 saturated carbocycles. The molecule has 0 radical (unpaired) electrons. The van der Waals surface area contributed by atoms with Crippen LogP contribution in [0.5, 0.6) is 0 Å². The van der Waals surface area contributed by atoms with Crippen molar-refractivity contribution in [3.05, 3.63) is 40.9 Å². The molecule has 1 aromatic carbocycles. The number of sulfonamides is 1. The molecule has 0 aromatic heterocycles. The lowest BCUT2D eigenvalue weighted by Crippen LogP contribution is -2.37. The van der Waals surface area contributed by atoms with E-state index >= 15 is 0 Å². The van der Waals surface area contributed by atoms with Crippen molar-refractivity contribution in [1.82, 2.24) is 10.0 Å². The minimum Gasteiger partial charge on any atom is -0.355 e. The number of rotatable bonds is 7. The van der Waals surface area contributed by atoms with Crippen LogP contribution in [-0.2, 0) is 14.8 Å². The van der Waals surface area contributed by atoms with E-state index in [2.05, 4.69) is 16.1 Å². The van der Waals surface area contributed by atoms with Crippen molar-refractivity contribution >= 4 is 27.5 Å². The Morgan fingerprint density at radius 3 is 2.70 bits per heavy atom. The van der Waals surface area contributed by atoms with Crippen LogP contribution in [0.1, 0.15) is 32.1 Å². The van der Waals surface area contributed by atoms with Crippen molar-refractivity contribution in [1.29, 1.82) is 0 Å². The zero-order valence-electron chi connectivity index (χ0n) is 12.8. The molecule has 126 valence electrons. The number of benzene rings is 1. The van der Waals surface area contributed by atoms with Crippen LogP contribution in [0.2, 0.25) is 5.02 Å². The molecule has 0 saturated heterocycles. The summed E-state index contributed by atoms with van der Waals surface area (Å²) in [5, 5.41) is 2.86. The van der Waals surface area contributed by atoms with Gasteiger partial charge in [0.2, 0.25) is 15.9 Å². The molecule has 2 N–H and O–H groups in total. The Hall–Kier alpha value is -1.37. The van der Waals surface area contributed by atoms with Gasteiger partial charge < -0.3 is 5.32 Å². The number of halogens is 1. The van der Waals surface area contributed by atoms with Gasteiger partial charge in [-0.15, -0.1) is 0 Å². The summed E-state index contributed by atoms with van der Waals surface area (Å²) in [6.45, 7) is 0.227. The third-order valence-electron chi connectivity index (χ3n) is 3.70. The molecule has 0 bridgehead atoms. The maximum absolute atomic E-state index is 12.1. The number of nitrogens with one attached hydrogen (secondary N) is 2. The van der Waals surface area contributed by atoms with Crippen LogP contribution in [-0.4, -0.2) is 27.4 Å². The lowest BCUT2D eigenvalue weighted by atomic mass is 9.97. The highest BCUT2D eigenvalue weighted by atomic mass is 35.5. The van der Waals surface area contributed by atoms with Gasteiger partial charge >= 0.3 is 0 Å². The number of hydrogen-bond donors (Lipinski definition) is 2. The Morgan fingerprint density at radius 1 is 1.22 bits per heavy atom. The molecular weight excluding hydrogens is 336 g/mol. The maximum atomic E-state index is 12.1. The van der Waals surface area contributed by atoms with Gasteiger partial charge in [-0.25, -0.2) is 13.1 Å². The molecule has 1 aliphatic rings. The van der Waals surface area contributed by atoms with E-state index in [4.69, 9.17) is 11.6 Å². The molecule has 0 atom stereocenters. The van der Waals surface area contributed by atoms with Gasteiger partial charge in [0.15, 0.2) is 0 Å². The van der Waals surface area contributed by atoms with Crippen LogP contribution in [0.4, 0.5) is 0 Å². The summed E-state index contributed by atoms with van der Waals surface area (Å²) < 4.78 is 26.5. The van der Waals surface area contributed by atoms with E-state index < -0.39 is 10.0 Å². The Balaban J connectivity index is 1.77. The van der Waals surface area contributed by atoms with E-state index in [0.717, 1.165) is 19.3 Å². The normalized spacial score (nSPS) is 15.1. The van der Waals surface area contributed by atoms with Crippen LogP contribution in [0, 0.1) is 0 Å². The molecule has 1 amide bonds. The highest BCUT2D eigenvalue weighted by Crippen LogP contribution is 2.20. The van der Waals surface area contributed by atoms with Gasteiger partial charge in [-0.05, 0) is 44.2 Å². The van der Waals surface area contributed by atoms with Crippen molar-refractivity contribution in [3.8, 4) is 0 Å². The first-order valence-corrected chi connectivity index (χ1v) is 9.54. The molecule has 1 aromatic rings. The first-order valence-electron chi connectivity index (χ1n) is 7.68. The summed E-state index contributed by atoms with van der Waals surface area (Å²) in [6.07, 6.45) is 7.70. The molecule has 0 aliphatic heterocycles. The van der Waals surface area contributed by atoms with Gasteiger partial charge in [0.25, 0.3) is 0 Å². The number of amides is 1. The summed E-state index contributed by atoms with van der Waals surface area (Å²) in [6, 6.07) is 6.12. The minimum absolute atomic E-state index is 0.0261. The molecular formula is C16H21ClN2O3S. The molecule has 7 heteroatoms. The van der Waals surface area contributed by atoms with Crippen molar-refractivity contribution in [2.75, 3.05) is 13.1 Å². The zero-order valence-corrected chi connectivity index (χ0v) is 14.4. The van der Waals surface area contributed by atoms with Gasteiger partial charge in [-0.3, -0.25) is 4.79 Å². The van der Waals surface area contributed by atoms with Gasteiger partial charge in [0.05, 0.1) is 11.6 Å². The number of carbonyl (C=O) groups excluding carboxylic acids is 1. The van der Waals surface area contributed by atoms with Gasteiger partial charge in [0, 0.05) is 6.54 Å². The smallest absolute Gasteiger partial charge is 0.242 e. The second-order valence-corrected chi connectivity index (χ2v) is 7.61. The van der Waals surface area contributed by atoms with E-state index in [1.165, 1.54) is 30.5 Å². The molecule has 1 aliphatic carbocycles. The summed E-state index contributed by atoms with van der Waals surface area (Å²) in [4.78, 5) is 11.7. The predicted octanol–water partition coefficient (Wildman–Crippen LogP) is 2.63. The third-order valence-corrected chi connectivity index (χ3v) is 5.60. The summed E-state index contributed by atoms with van der Waals surface area (Å²) in [7, 11) is -3.79. The van der Waals surface area contributed by atoms with Crippen molar-refractivity contribution < 1.29 is 13.2 Å². The lowest BCUT2D eigenvalue weighted by molar-refractivity contribution is -0.119. The first kappa shape index (κ1) is 18.0. The Bertz CT molecular complexity index is 686. The summed E-state index contributed by atoms with van der Waals surface area (Å²) >= 11 is 5.87. The molecule has 23 heavy (non-hydrogen) atoms. The number of allylic oxidation sites excluding steroid dienone is 1. The predicted molar refractivity (Wildman–Crippen MR) is 90.8 cm³/mol. The van der Waals surface area contributed by atoms with E-state index in [-0.39, 0.29) is 22.4 Å². The van der Waals surface area contributed by atoms with E-state index in [0.29, 0.717) is 6.54 Å². The summed E-state index contributed by atoms with van der Waals surface area (Å²) in [5.41, 5.74) is 1.37. The molecule has 0 spiro atoms. The molecule has 0 fully saturated rings. The fourth-order valence-electron chi connectivity index (χ4n) is 2.46. The van der Waals surface area contributed by atoms with Crippen molar-refractivity contribution in [2.24, 2.45) is 0 Å². The second kappa shape index (κ2) is 8.47. The van der Waals surface area contributed by atoms with Gasteiger partial charge in [0.1, 0.15) is 4.90 Å².